The van der Waals surface area contributed by atoms with Crippen molar-refractivity contribution in [3.05, 3.63) is 60.3 Å². The minimum absolute atomic E-state index is 0.332. The quantitative estimate of drug-likeness (QED) is 0.639. The number of nitrogens with zero attached hydrogens (tertiary/aromatic N) is 2. The van der Waals surface area contributed by atoms with Gasteiger partial charge in [0.2, 0.25) is 0 Å². The van der Waals surface area contributed by atoms with E-state index in [-0.39, 0.29) is 11.8 Å². The summed E-state index contributed by atoms with van der Waals surface area (Å²) in [4.78, 5) is 34.9. The van der Waals surface area contributed by atoms with Crippen LogP contribution in [0, 0.1) is 0 Å². The van der Waals surface area contributed by atoms with E-state index in [1.54, 1.807) is 24.4 Å². The third kappa shape index (κ3) is 4.55. The first-order valence-corrected chi connectivity index (χ1v) is 9.06. The Morgan fingerprint density at radius 1 is 1.25 bits per heavy atom. The third-order valence-corrected chi connectivity index (χ3v) is 4.46. The molecule has 1 atom stereocenters. The molecule has 28 heavy (non-hydrogen) atoms. The molecule has 0 fully saturated rings. The predicted octanol–water partition coefficient (Wildman–Crippen LogP) is 2.60. The van der Waals surface area contributed by atoms with Gasteiger partial charge in [0.05, 0.1) is 19.4 Å². The van der Waals surface area contributed by atoms with Crippen molar-refractivity contribution < 1.29 is 19.2 Å². The van der Waals surface area contributed by atoms with E-state index in [0.717, 1.165) is 5.06 Å². The molecule has 2 amide bonds. The normalized spacial score (nSPS) is 16.9. The van der Waals surface area contributed by atoms with E-state index in [1.807, 2.05) is 30.4 Å². The van der Waals surface area contributed by atoms with Crippen molar-refractivity contribution in [3.8, 4) is 17.0 Å². The maximum absolute atomic E-state index is 13.0. The number of hydrogen-bond donors (Lipinski definition) is 1. The van der Waals surface area contributed by atoms with Crippen LogP contribution in [0.4, 0.5) is 0 Å². The number of likely N-dealkylation sites (N-methyl/N-ethyl adjacent to an activating group) is 1. The lowest BCUT2D eigenvalue weighted by molar-refractivity contribution is -0.170. The molecule has 2 aromatic rings. The Hall–Kier alpha value is -3.19. The average molecular weight is 381 g/mol. The summed E-state index contributed by atoms with van der Waals surface area (Å²) in [5.41, 5.74) is 1.74. The lowest BCUT2D eigenvalue weighted by Crippen LogP contribution is -2.46. The molecule has 0 unspecified atom stereocenters. The van der Waals surface area contributed by atoms with Gasteiger partial charge >= 0.3 is 0 Å². The van der Waals surface area contributed by atoms with Gasteiger partial charge in [-0.15, -0.1) is 0 Å². The highest BCUT2D eigenvalue weighted by Gasteiger charge is 2.25. The summed E-state index contributed by atoms with van der Waals surface area (Å²) in [6, 6.07) is 10.0. The number of aromatic nitrogens is 1. The average Bonchev–Trinajstić information content (AvgIpc) is 2.73. The van der Waals surface area contributed by atoms with Crippen LogP contribution in [0.15, 0.2) is 54.7 Å². The van der Waals surface area contributed by atoms with Crippen molar-refractivity contribution in [1.29, 1.82) is 0 Å². The van der Waals surface area contributed by atoms with Gasteiger partial charge in [-0.25, -0.2) is 5.06 Å². The van der Waals surface area contributed by atoms with Crippen LogP contribution >= 0.6 is 0 Å². The molecular formula is C21H23N3O4. The monoisotopic (exact) mass is 381 g/mol. The third-order valence-electron chi connectivity index (χ3n) is 4.46. The van der Waals surface area contributed by atoms with Crippen LogP contribution in [0.2, 0.25) is 0 Å². The highest BCUT2D eigenvalue weighted by Crippen LogP contribution is 2.25. The summed E-state index contributed by atoms with van der Waals surface area (Å²) in [5, 5.41) is 3.94. The van der Waals surface area contributed by atoms with E-state index in [2.05, 4.69) is 10.3 Å². The molecule has 1 N–H and O–H groups in total. The van der Waals surface area contributed by atoms with E-state index in [9.17, 15) is 9.59 Å². The molecule has 1 aromatic heterocycles. The molecule has 1 aliphatic heterocycles. The Morgan fingerprint density at radius 2 is 2.04 bits per heavy atom. The number of benzene rings is 1. The summed E-state index contributed by atoms with van der Waals surface area (Å²) < 4.78 is 5.78. The smallest absolute Gasteiger partial charge is 0.268 e. The SMILES string of the molecule is CON(C)C(=O)[C@@H]1CC=CCCOc2ccnc(c2)-c2ccccc2C(=O)N1. The molecule has 7 heteroatoms. The van der Waals surface area contributed by atoms with Crippen LogP contribution in [0.5, 0.6) is 5.75 Å². The molecule has 2 heterocycles. The van der Waals surface area contributed by atoms with Crippen LogP contribution in [-0.4, -0.2) is 48.7 Å². The number of pyridine rings is 1. The van der Waals surface area contributed by atoms with Crippen LogP contribution in [0.1, 0.15) is 23.2 Å². The molecule has 7 nitrogen and oxygen atoms in total. The molecule has 0 spiro atoms. The highest BCUT2D eigenvalue weighted by atomic mass is 16.7. The van der Waals surface area contributed by atoms with E-state index in [4.69, 9.17) is 9.57 Å². The van der Waals surface area contributed by atoms with Crippen molar-refractivity contribution in [2.75, 3.05) is 20.8 Å². The van der Waals surface area contributed by atoms with E-state index in [0.29, 0.717) is 42.0 Å². The van der Waals surface area contributed by atoms with Crippen molar-refractivity contribution in [2.45, 2.75) is 18.9 Å². The fourth-order valence-corrected chi connectivity index (χ4v) is 2.91. The number of hydrogen-bond acceptors (Lipinski definition) is 5. The van der Waals surface area contributed by atoms with Crippen molar-refractivity contribution in [1.82, 2.24) is 15.4 Å². The van der Waals surface area contributed by atoms with Gasteiger partial charge in [-0.05, 0) is 25.0 Å². The zero-order chi connectivity index (χ0) is 19.9. The first-order valence-electron chi connectivity index (χ1n) is 9.06. The molecule has 146 valence electrons. The van der Waals surface area contributed by atoms with E-state index in [1.165, 1.54) is 14.2 Å². The topological polar surface area (TPSA) is 80.8 Å². The maximum atomic E-state index is 13.0. The van der Waals surface area contributed by atoms with Crippen LogP contribution in [0.3, 0.4) is 0 Å². The summed E-state index contributed by atoms with van der Waals surface area (Å²) in [5.74, 6) is 0.0129. The van der Waals surface area contributed by atoms with Crippen LogP contribution in [-0.2, 0) is 9.63 Å². The summed E-state index contributed by atoms with van der Waals surface area (Å²) in [7, 11) is 2.92. The number of rotatable bonds is 2. The highest BCUT2D eigenvalue weighted by molar-refractivity contribution is 6.02. The molecule has 0 radical (unpaired) electrons. The second-order valence-corrected chi connectivity index (χ2v) is 6.31. The Balaban J connectivity index is 2.00. The molecule has 3 rings (SSSR count). The second-order valence-electron chi connectivity index (χ2n) is 6.31. The van der Waals surface area contributed by atoms with Gasteiger partial charge in [0, 0.05) is 30.4 Å². The number of fused-ring (bicyclic) bond motifs is 4. The summed E-state index contributed by atoms with van der Waals surface area (Å²) >= 11 is 0. The van der Waals surface area contributed by atoms with Gasteiger partial charge in [0.1, 0.15) is 11.8 Å². The van der Waals surface area contributed by atoms with Gasteiger partial charge in [0.15, 0.2) is 0 Å². The molecular weight excluding hydrogens is 358 g/mol. The van der Waals surface area contributed by atoms with Crippen molar-refractivity contribution >= 4 is 11.8 Å². The van der Waals surface area contributed by atoms with Crippen molar-refractivity contribution in [2.24, 2.45) is 0 Å². The number of nitrogens with one attached hydrogen (secondary N) is 1. The Bertz CT molecular complexity index is 881. The van der Waals surface area contributed by atoms with Crippen LogP contribution < -0.4 is 10.1 Å². The zero-order valence-corrected chi connectivity index (χ0v) is 15.9. The Labute approximate surface area is 163 Å². The molecule has 0 aliphatic carbocycles. The largest absolute Gasteiger partial charge is 0.493 e. The molecule has 1 aliphatic rings. The fraction of sp³-hybridized carbons (Fsp3) is 0.286. The first-order chi connectivity index (χ1) is 13.6. The van der Waals surface area contributed by atoms with Gasteiger partial charge in [-0.2, -0.15) is 0 Å². The van der Waals surface area contributed by atoms with Gasteiger partial charge in [0.25, 0.3) is 11.8 Å². The first kappa shape index (κ1) is 19.6. The standard InChI is InChI=1S/C21H23N3O4/c1-24(27-2)21(26)18-10-4-3-7-13-28-15-11-12-22-19(14-15)16-8-5-6-9-17(16)20(25)23-18/h3-6,8-9,11-12,14,18H,7,10,13H2,1-2H3,(H,23,25)/t18-/m0/s1. The predicted molar refractivity (Wildman–Crippen MR) is 105 cm³/mol. The Kier molecular flexibility index (Phi) is 6.39. The number of hydroxylamine groups is 2. The van der Waals surface area contributed by atoms with E-state index < -0.39 is 6.04 Å². The fourth-order valence-electron chi connectivity index (χ4n) is 2.91. The van der Waals surface area contributed by atoms with Crippen LogP contribution in [0.25, 0.3) is 11.3 Å². The second kappa shape index (κ2) is 9.14. The molecule has 0 saturated heterocycles. The zero-order valence-electron chi connectivity index (χ0n) is 15.9. The van der Waals surface area contributed by atoms with Crippen molar-refractivity contribution in [3.63, 3.8) is 0 Å². The van der Waals surface area contributed by atoms with Gasteiger partial charge < -0.3 is 10.1 Å². The lowest BCUT2D eigenvalue weighted by Gasteiger charge is -2.22. The van der Waals surface area contributed by atoms with Gasteiger partial charge in [-0.3, -0.25) is 19.4 Å². The number of amides is 2. The lowest BCUT2D eigenvalue weighted by atomic mass is 10.0. The molecule has 2 bridgehead atoms. The number of carbonyl (C=O) groups is 2. The van der Waals surface area contributed by atoms with E-state index >= 15 is 0 Å². The minimum atomic E-state index is -0.745. The minimum Gasteiger partial charge on any atom is -0.493 e. The van der Waals surface area contributed by atoms with Gasteiger partial charge in [-0.1, -0.05) is 30.4 Å². The molecule has 0 saturated carbocycles. The number of ether oxygens (including phenoxy) is 1. The maximum Gasteiger partial charge on any atom is 0.268 e. The molecule has 1 aromatic carbocycles. The Morgan fingerprint density at radius 3 is 2.82 bits per heavy atom. The number of carbonyl (C=O) groups excluding carboxylic acids is 2. The summed E-state index contributed by atoms with van der Waals surface area (Å²) in [6.07, 6.45) is 6.49. The summed E-state index contributed by atoms with van der Waals surface area (Å²) in [6.45, 7) is 0.505.